The monoisotopic (exact) mass is 350 g/mol. The molecule has 0 radical (unpaired) electrons. The summed E-state index contributed by atoms with van der Waals surface area (Å²) in [5.41, 5.74) is 1.96. The highest BCUT2D eigenvalue weighted by atomic mass is 35.5. The van der Waals surface area contributed by atoms with Gasteiger partial charge in [-0.1, -0.05) is 23.2 Å². The Labute approximate surface area is 140 Å². The van der Waals surface area contributed by atoms with E-state index in [4.69, 9.17) is 23.2 Å². The van der Waals surface area contributed by atoms with Crippen LogP contribution in [0.5, 0.6) is 0 Å². The van der Waals surface area contributed by atoms with Gasteiger partial charge in [-0.25, -0.2) is 9.97 Å². The number of halogens is 2. The number of nitrogens with one attached hydrogen (secondary N) is 1. The second-order valence-electron chi connectivity index (χ2n) is 4.23. The van der Waals surface area contributed by atoms with Crippen LogP contribution < -0.4 is 5.32 Å². The van der Waals surface area contributed by atoms with Crippen LogP contribution in [0.3, 0.4) is 0 Å². The largest absolute Gasteiger partial charge is 0.298 e. The van der Waals surface area contributed by atoms with Crippen LogP contribution in [-0.2, 0) is 0 Å². The molecule has 0 saturated heterocycles. The van der Waals surface area contributed by atoms with Crippen molar-refractivity contribution in [2.75, 3.05) is 5.32 Å². The molecule has 3 heterocycles. The van der Waals surface area contributed by atoms with Crippen molar-refractivity contribution < 1.29 is 4.79 Å². The van der Waals surface area contributed by atoms with Gasteiger partial charge in [0.15, 0.2) is 5.13 Å². The molecule has 0 spiro atoms. The Morgan fingerprint density at radius 3 is 2.64 bits per heavy atom. The predicted molar refractivity (Wildman–Crippen MR) is 87.6 cm³/mol. The molecule has 0 aliphatic carbocycles. The Balaban J connectivity index is 1.79. The third-order valence-corrected chi connectivity index (χ3v) is 3.85. The van der Waals surface area contributed by atoms with Crippen molar-refractivity contribution in [1.29, 1.82) is 0 Å². The van der Waals surface area contributed by atoms with Gasteiger partial charge in [0.05, 0.1) is 5.69 Å². The lowest BCUT2D eigenvalue weighted by Crippen LogP contribution is -2.12. The van der Waals surface area contributed by atoms with Crippen LogP contribution in [-0.4, -0.2) is 20.9 Å². The van der Waals surface area contributed by atoms with Gasteiger partial charge >= 0.3 is 0 Å². The maximum Gasteiger partial charge on any atom is 0.257 e. The molecule has 0 unspecified atom stereocenters. The van der Waals surface area contributed by atoms with E-state index in [0.717, 1.165) is 11.3 Å². The van der Waals surface area contributed by atoms with Crippen molar-refractivity contribution in [2.45, 2.75) is 0 Å². The van der Waals surface area contributed by atoms with Gasteiger partial charge in [0.1, 0.15) is 10.3 Å². The smallest absolute Gasteiger partial charge is 0.257 e. The SMILES string of the molecule is O=C(Nc1nc(-c2cccnc2)cs1)c1cc(Cl)nc(Cl)c1. The molecule has 1 amide bonds. The quantitative estimate of drug-likeness (QED) is 0.720. The predicted octanol–water partition coefficient (Wildman–Crippen LogP) is 4.16. The number of hydrogen-bond donors (Lipinski definition) is 1. The topological polar surface area (TPSA) is 67.8 Å². The summed E-state index contributed by atoms with van der Waals surface area (Å²) >= 11 is 12.9. The van der Waals surface area contributed by atoms with Gasteiger partial charge in [0.25, 0.3) is 5.91 Å². The second-order valence-corrected chi connectivity index (χ2v) is 5.87. The highest BCUT2D eigenvalue weighted by Crippen LogP contribution is 2.25. The van der Waals surface area contributed by atoms with Crippen LogP contribution in [0.15, 0.2) is 42.0 Å². The van der Waals surface area contributed by atoms with E-state index in [0.29, 0.717) is 10.7 Å². The zero-order valence-electron chi connectivity index (χ0n) is 11.0. The lowest BCUT2D eigenvalue weighted by Gasteiger charge is -2.02. The molecule has 0 saturated carbocycles. The molecule has 0 bridgehead atoms. The van der Waals surface area contributed by atoms with Gasteiger partial charge in [-0.3, -0.25) is 15.1 Å². The van der Waals surface area contributed by atoms with Crippen molar-refractivity contribution in [3.63, 3.8) is 0 Å². The number of rotatable bonds is 3. The first-order valence-corrected chi connectivity index (χ1v) is 7.76. The zero-order chi connectivity index (χ0) is 15.5. The van der Waals surface area contributed by atoms with Crippen molar-refractivity contribution >= 4 is 45.6 Å². The summed E-state index contributed by atoms with van der Waals surface area (Å²) in [5.74, 6) is -0.349. The first-order chi connectivity index (χ1) is 10.6. The van der Waals surface area contributed by atoms with Crippen LogP contribution in [0.2, 0.25) is 10.3 Å². The lowest BCUT2D eigenvalue weighted by atomic mass is 10.2. The maximum absolute atomic E-state index is 12.2. The number of amides is 1. The lowest BCUT2D eigenvalue weighted by molar-refractivity contribution is 0.102. The second kappa shape index (κ2) is 6.39. The molecule has 0 atom stereocenters. The first-order valence-electron chi connectivity index (χ1n) is 6.12. The van der Waals surface area contributed by atoms with E-state index in [1.54, 1.807) is 12.4 Å². The van der Waals surface area contributed by atoms with Crippen molar-refractivity contribution in [1.82, 2.24) is 15.0 Å². The molecule has 3 rings (SSSR count). The van der Waals surface area contributed by atoms with E-state index < -0.39 is 0 Å². The van der Waals surface area contributed by atoms with E-state index in [2.05, 4.69) is 20.3 Å². The summed E-state index contributed by atoms with van der Waals surface area (Å²) in [4.78, 5) is 24.4. The number of hydrogen-bond acceptors (Lipinski definition) is 5. The molecular formula is C14H8Cl2N4OS. The number of nitrogens with zero attached hydrogens (tertiary/aromatic N) is 3. The van der Waals surface area contributed by atoms with Gasteiger partial charge in [0, 0.05) is 28.9 Å². The molecule has 110 valence electrons. The minimum Gasteiger partial charge on any atom is -0.298 e. The van der Waals surface area contributed by atoms with E-state index in [-0.39, 0.29) is 16.2 Å². The van der Waals surface area contributed by atoms with Crippen LogP contribution in [0, 0.1) is 0 Å². The minimum atomic E-state index is -0.349. The summed E-state index contributed by atoms with van der Waals surface area (Å²) in [6.07, 6.45) is 3.40. The molecule has 0 aliphatic heterocycles. The number of carbonyl (C=O) groups is 1. The van der Waals surface area contributed by atoms with Crippen LogP contribution >= 0.6 is 34.5 Å². The minimum absolute atomic E-state index is 0.160. The number of anilines is 1. The van der Waals surface area contributed by atoms with E-state index in [9.17, 15) is 4.79 Å². The Hall–Kier alpha value is -2.02. The molecule has 0 aliphatic rings. The van der Waals surface area contributed by atoms with Crippen LogP contribution in [0.1, 0.15) is 10.4 Å². The van der Waals surface area contributed by atoms with Gasteiger partial charge < -0.3 is 0 Å². The van der Waals surface area contributed by atoms with Crippen molar-refractivity contribution in [3.8, 4) is 11.3 Å². The number of aromatic nitrogens is 3. The molecule has 8 heteroatoms. The number of carbonyl (C=O) groups excluding carboxylic acids is 1. The molecule has 3 aromatic heterocycles. The number of pyridine rings is 2. The molecule has 0 fully saturated rings. The Morgan fingerprint density at radius 2 is 1.95 bits per heavy atom. The average molecular weight is 351 g/mol. The molecule has 22 heavy (non-hydrogen) atoms. The van der Waals surface area contributed by atoms with Gasteiger partial charge in [0.2, 0.25) is 0 Å². The summed E-state index contributed by atoms with van der Waals surface area (Å²) in [6, 6.07) is 6.61. The van der Waals surface area contributed by atoms with E-state index >= 15 is 0 Å². The van der Waals surface area contributed by atoms with Crippen molar-refractivity contribution in [2.24, 2.45) is 0 Å². The molecule has 1 N–H and O–H groups in total. The normalized spacial score (nSPS) is 10.5. The molecule has 0 aromatic carbocycles. The molecule has 3 aromatic rings. The van der Waals surface area contributed by atoms with Gasteiger partial charge in [-0.05, 0) is 24.3 Å². The highest BCUT2D eigenvalue weighted by Gasteiger charge is 2.12. The fourth-order valence-electron chi connectivity index (χ4n) is 1.74. The third kappa shape index (κ3) is 3.41. The summed E-state index contributed by atoms with van der Waals surface area (Å²) in [6.45, 7) is 0. The zero-order valence-corrected chi connectivity index (χ0v) is 13.3. The van der Waals surface area contributed by atoms with E-state index in [1.165, 1.54) is 23.5 Å². The summed E-state index contributed by atoms with van der Waals surface area (Å²) in [7, 11) is 0. The Bertz CT molecular complexity index is 802. The fraction of sp³-hybridized carbons (Fsp3) is 0. The first kappa shape index (κ1) is 14.9. The van der Waals surface area contributed by atoms with Crippen molar-refractivity contribution in [3.05, 3.63) is 57.9 Å². The van der Waals surface area contributed by atoms with Gasteiger partial charge in [-0.15, -0.1) is 11.3 Å². The fourth-order valence-corrected chi connectivity index (χ4v) is 2.92. The maximum atomic E-state index is 12.2. The van der Waals surface area contributed by atoms with Gasteiger partial charge in [-0.2, -0.15) is 0 Å². The van der Waals surface area contributed by atoms with Crippen LogP contribution in [0.25, 0.3) is 11.3 Å². The number of thiazole rings is 1. The average Bonchev–Trinajstić information content (AvgIpc) is 2.95. The van der Waals surface area contributed by atoms with E-state index in [1.807, 2.05) is 17.5 Å². The summed E-state index contributed by atoms with van der Waals surface area (Å²) in [5, 5.41) is 5.35. The molecular weight excluding hydrogens is 343 g/mol. The Kier molecular flexibility index (Phi) is 4.33. The Morgan fingerprint density at radius 1 is 1.18 bits per heavy atom. The molecule has 5 nitrogen and oxygen atoms in total. The highest BCUT2D eigenvalue weighted by molar-refractivity contribution is 7.14. The third-order valence-electron chi connectivity index (χ3n) is 2.71. The standard InChI is InChI=1S/C14H8Cl2N4OS/c15-11-4-9(5-12(16)19-11)13(21)20-14-18-10(7-22-14)8-2-1-3-17-6-8/h1-7H,(H,18,20,21). The summed E-state index contributed by atoms with van der Waals surface area (Å²) < 4.78 is 0. The van der Waals surface area contributed by atoms with Crippen LogP contribution in [0.4, 0.5) is 5.13 Å².